The van der Waals surface area contributed by atoms with Gasteiger partial charge in [-0.2, -0.15) is 0 Å². The molecule has 1 N–H and O–H groups in total. The lowest BCUT2D eigenvalue weighted by Crippen LogP contribution is -2.48. The monoisotopic (exact) mass is 376 g/mol. The molecule has 0 aliphatic carbocycles. The Balaban J connectivity index is 1.41. The number of halogens is 1. The summed E-state index contributed by atoms with van der Waals surface area (Å²) in [5.41, 5.74) is 0.646. The first-order valence-corrected chi connectivity index (χ1v) is 9.14. The highest BCUT2D eigenvalue weighted by Gasteiger charge is 2.49. The van der Waals surface area contributed by atoms with Gasteiger partial charge in [0.2, 0.25) is 11.8 Å². The highest BCUT2D eigenvalue weighted by Crippen LogP contribution is 2.39. The predicted octanol–water partition coefficient (Wildman–Crippen LogP) is 2.97. The second-order valence-electron chi connectivity index (χ2n) is 7.09. The quantitative estimate of drug-likeness (QED) is 0.883. The lowest BCUT2D eigenvalue weighted by Gasteiger charge is -2.38. The van der Waals surface area contributed by atoms with E-state index >= 15 is 0 Å². The molecule has 2 aromatic rings. The minimum absolute atomic E-state index is 0.0103. The molecule has 1 spiro atoms. The van der Waals surface area contributed by atoms with Crippen LogP contribution in [0.25, 0.3) is 11.5 Å². The van der Waals surface area contributed by atoms with Crippen molar-refractivity contribution in [3.63, 3.8) is 0 Å². The van der Waals surface area contributed by atoms with Crippen molar-refractivity contribution in [2.45, 2.75) is 44.4 Å². The molecule has 1 amide bonds. The van der Waals surface area contributed by atoms with E-state index in [0.717, 1.165) is 25.0 Å². The third-order valence-electron chi connectivity index (χ3n) is 5.13. The van der Waals surface area contributed by atoms with Gasteiger partial charge in [-0.3, -0.25) is 4.79 Å². The number of nitrogens with one attached hydrogen (secondary N) is 1. The third kappa shape index (κ3) is 3.17. The molecule has 26 heavy (non-hydrogen) atoms. The largest absolute Gasteiger partial charge is 0.403 e. The summed E-state index contributed by atoms with van der Waals surface area (Å²) in [6.07, 6.45) is 1.92. The highest BCUT2D eigenvalue weighted by molar-refractivity contribution is 6.30. The average Bonchev–Trinajstić information content (AvgIpc) is 3.19. The number of aromatic nitrogens is 2. The molecule has 0 bridgehead atoms. The molecule has 0 radical (unpaired) electrons. The zero-order valence-corrected chi connectivity index (χ0v) is 15.5. The molecule has 2 aliphatic heterocycles. The highest BCUT2D eigenvalue weighted by atomic mass is 35.5. The van der Waals surface area contributed by atoms with Crippen molar-refractivity contribution in [3.8, 4) is 11.5 Å². The Labute approximate surface area is 156 Å². The van der Waals surface area contributed by atoms with Crippen molar-refractivity contribution in [2.24, 2.45) is 0 Å². The minimum atomic E-state index is -0.466. The Bertz CT molecular complexity index is 803. The number of carbonyl (C=O) groups is 1. The van der Waals surface area contributed by atoms with Crippen molar-refractivity contribution in [1.29, 1.82) is 0 Å². The van der Waals surface area contributed by atoms with Gasteiger partial charge in [0.15, 0.2) is 0 Å². The van der Waals surface area contributed by atoms with E-state index in [-0.39, 0.29) is 23.6 Å². The fourth-order valence-corrected chi connectivity index (χ4v) is 3.76. The summed E-state index contributed by atoms with van der Waals surface area (Å²) in [7, 11) is 0. The Kier molecular flexibility index (Phi) is 4.36. The number of amides is 1. The van der Waals surface area contributed by atoms with Gasteiger partial charge in [0, 0.05) is 23.0 Å². The first-order chi connectivity index (χ1) is 12.5. The summed E-state index contributed by atoms with van der Waals surface area (Å²) < 4.78 is 11.3. The van der Waals surface area contributed by atoms with Gasteiger partial charge in [0.25, 0.3) is 0 Å². The number of rotatable bonds is 4. The molecule has 2 saturated heterocycles. The van der Waals surface area contributed by atoms with E-state index in [0.29, 0.717) is 17.5 Å². The molecule has 138 valence electrons. The molecule has 3 atom stereocenters. The molecule has 1 aromatic heterocycles. The number of hydrogen-bond donors (Lipinski definition) is 1. The summed E-state index contributed by atoms with van der Waals surface area (Å²) in [4.78, 5) is 14.7. The number of nitrogens with zero attached hydrogens (tertiary/aromatic N) is 3. The van der Waals surface area contributed by atoms with Crippen LogP contribution in [0.5, 0.6) is 0 Å². The summed E-state index contributed by atoms with van der Waals surface area (Å²) >= 11 is 5.89. The van der Waals surface area contributed by atoms with E-state index in [9.17, 15) is 4.79 Å². The van der Waals surface area contributed by atoms with Gasteiger partial charge in [-0.05, 0) is 44.5 Å². The fraction of sp³-hybridized carbons (Fsp3) is 0.500. The molecule has 0 unspecified atom stereocenters. The maximum atomic E-state index is 12.8. The maximum absolute atomic E-state index is 12.8. The molecular formula is C18H21ClN4O3. The minimum Gasteiger partial charge on any atom is -0.403 e. The molecule has 4 rings (SSSR count). The van der Waals surface area contributed by atoms with Crippen LogP contribution < -0.4 is 5.32 Å². The lowest BCUT2D eigenvalue weighted by molar-refractivity contribution is -0.146. The van der Waals surface area contributed by atoms with E-state index < -0.39 is 6.04 Å². The van der Waals surface area contributed by atoms with Gasteiger partial charge < -0.3 is 19.4 Å². The molecule has 2 fully saturated rings. The Morgan fingerprint density at radius 1 is 1.38 bits per heavy atom. The van der Waals surface area contributed by atoms with Crippen LogP contribution in [0.1, 0.15) is 26.7 Å². The number of ether oxygens (including phenoxy) is 1. The number of likely N-dealkylation sites (tertiary alicyclic amines) is 1. The van der Waals surface area contributed by atoms with E-state index in [1.54, 1.807) is 31.2 Å². The second kappa shape index (κ2) is 6.55. The summed E-state index contributed by atoms with van der Waals surface area (Å²) in [6.45, 7) is 5.30. The average molecular weight is 377 g/mol. The van der Waals surface area contributed by atoms with Crippen LogP contribution in [0.4, 0.5) is 6.01 Å². The number of hydrogen-bond acceptors (Lipinski definition) is 6. The van der Waals surface area contributed by atoms with Crippen LogP contribution >= 0.6 is 11.6 Å². The molecule has 2 aliphatic rings. The van der Waals surface area contributed by atoms with Crippen LogP contribution in [0, 0.1) is 0 Å². The zero-order valence-electron chi connectivity index (χ0n) is 14.7. The third-order valence-corrected chi connectivity index (χ3v) is 5.39. The molecule has 8 heteroatoms. The van der Waals surface area contributed by atoms with Gasteiger partial charge >= 0.3 is 6.01 Å². The van der Waals surface area contributed by atoms with Crippen molar-refractivity contribution in [3.05, 3.63) is 29.3 Å². The number of benzene rings is 1. The summed E-state index contributed by atoms with van der Waals surface area (Å²) in [6, 6.07) is 7.04. The number of carbonyl (C=O) groups excluding carboxylic acids is 1. The van der Waals surface area contributed by atoms with E-state index in [2.05, 4.69) is 22.4 Å². The van der Waals surface area contributed by atoms with Crippen molar-refractivity contribution >= 4 is 23.5 Å². The number of anilines is 1. The standard InChI is InChI=1S/C18H21ClN4O3/c1-11-9-18(7-8-25-18)10-23(11)16(24)12(2)20-17-22-21-15(26-17)13-3-5-14(19)6-4-13/h3-6,11-12H,7-10H2,1-2H3,(H,20,22)/t11-,12-,18+/m1/s1. The molecule has 0 saturated carbocycles. The van der Waals surface area contributed by atoms with Crippen molar-refractivity contribution < 1.29 is 13.9 Å². The van der Waals surface area contributed by atoms with Crippen molar-refractivity contribution in [1.82, 2.24) is 15.1 Å². The van der Waals surface area contributed by atoms with Gasteiger partial charge in [0.05, 0.1) is 18.8 Å². The molecule has 1 aromatic carbocycles. The van der Waals surface area contributed by atoms with Crippen LogP contribution in [-0.4, -0.2) is 51.8 Å². The first kappa shape index (κ1) is 17.3. The van der Waals surface area contributed by atoms with E-state index in [4.69, 9.17) is 20.8 Å². The normalized spacial score (nSPS) is 26.0. The fourth-order valence-electron chi connectivity index (χ4n) is 3.64. The SMILES string of the molecule is C[C@@H]1C[C@@]2(CCO2)CN1C(=O)[C@@H](C)Nc1nnc(-c2ccc(Cl)cc2)o1. The van der Waals surface area contributed by atoms with Gasteiger partial charge in [-0.1, -0.05) is 16.7 Å². The van der Waals surface area contributed by atoms with Gasteiger partial charge in [0.1, 0.15) is 6.04 Å². The lowest BCUT2D eigenvalue weighted by atomic mass is 9.92. The van der Waals surface area contributed by atoms with Crippen LogP contribution in [0.2, 0.25) is 5.02 Å². The zero-order chi connectivity index (χ0) is 18.3. The van der Waals surface area contributed by atoms with Gasteiger partial charge in [-0.15, -0.1) is 5.10 Å². The predicted molar refractivity (Wildman–Crippen MR) is 96.9 cm³/mol. The molecular weight excluding hydrogens is 356 g/mol. The van der Waals surface area contributed by atoms with Crippen LogP contribution in [0.3, 0.4) is 0 Å². The van der Waals surface area contributed by atoms with Crippen LogP contribution in [-0.2, 0) is 9.53 Å². The summed E-state index contributed by atoms with van der Waals surface area (Å²) in [5, 5.41) is 11.6. The van der Waals surface area contributed by atoms with E-state index in [1.165, 1.54) is 0 Å². The first-order valence-electron chi connectivity index (χ1n) is 8.76. The Morgan fingerprint density at radius 2 is 2.12 bits per heavy atom. The second-order valence-corrected chi connectivity index (χ2v) is 7.52. The molecule has 7 nitrogen and oxygen atoms in total. The Morgan fingerprint density at radius 3 is 2.73 bits per heavy atom. The smallest absolute Gasteiger partial charge is 0.316 e. The maximum Gasteiger partial charge on any atom is 0.316 e. The topological polar surface area (TPSA) is 80.5 Å². The van der Waals surface area contributed by atoms with E-state index in [1.807, 2.05) is 4.90 Å². The van der Waals surface area contributed by atoms with Gasteiger partial charge in [-0.25, -0.2) is 0 Å². The van der Waals surface area contributed by atoms with Crippen LogP contribution in [0.15, 0.2) is 28.7 Å². The molecule has 3 heterocycles. The summed E-state index contributed by atoms with van der Waals surface area (Å²) in [5.74, 6) is 0.385. The van der Waals surface area contributed by atoms with Crippen molar-refractivity contribution in [2.75, 3.05) is 18.5 Å². The Hall–Kier alpha value is -2.12.